The zero-order chi connectivity index (χ0) is 21.6. The van der Waals surface area contributed by atoms with Gasteiger partial charge in [-0.2, -0.15) is 0 Å². The van der Waals surface area contributed by atoms with Crippen molar-refractivity contribution in [3.63, 3.8) is 0 Å². The number of benzene rings is 3. The topological polar surface area (TPSA) is 46.9 Å². The van der Waals surface area contributed by atoms with Gasteiger partial charge in [0.15, 0.2) is 0 Å². The number of aryl methyl sites for hydroxylation is 2. The lowest BCUT2D eigenvalue weighted by atomic mass is 10.1. The molecule has 1 heterocycles. The Hall–Kier alpha value is -3.40. The summed E-state index contributed by atoms with van der Waals surface area (Å²) < 4.78 is 2.33. The fourth-order valence-electron chi connectivity index (χ4n) is 4.10. The third-order valence-electron chi connectivity index (χ3n) is 5.85. The highest BCUT2D eigenvalue weighted by atomic mass is 16.1. The summed E-state index contributed by atoms with van der Waals surface area (Å²) in [7, 11) is 0. The summed E-state index contributed by atoms with van der Waals surface area (Å²) in [6.45, 7) is 4.91. The second kappa shape index (κ2) is 9.61. The number of carbonyl (C=O) groups is 1. The first-order chi connectivity index (χ1) is 15.1. The summed E-state index contributed by atoms with van der Waals surface area (Å²) in [4.78, 5) is 17.3. The van der Waals surface area contributed by atoms with Gasteiger partial charge in [-0.15, -0.1) is 0 Å². The Bertz CT molecular complexity index is 1160. The SMILES string of the molecule is Cc1ccccc1CC(=O)NCCCc1nc2ccccc2n1C(C)c1ccccc1. The quantitative estimate of drug-likeness (QED) is 0.403. The fourth-order valence-corrected chi connectivity index (χ4v) is 4.10. The number of nitrogens with zero attached hydrogens (tertiary/aromatic N) is 2. The van der Waals surface area contributed by atoms with Gasteiger partial charge in [0.1, 0.15) is 5.82 Å². The van der Waals surface area contributed by atoms with E-state index in [1.165, 1.54) is 5.56 Å². The van der Waals surface area contributed by atoms with Crippen molar-refractivity contribution < 1.29 is 4.79 Å². The van der Waals surface area contributed by atoms with Crippen LogP contribution < -0.4 is 5.32 Å². The number of nitrogens with one attached hydrogen (secondary N) is 1. The van der Waals surface area contributed by atoms with Crippen LogP contribution in [0.4, 0.5) is 0 Å². The maximum atomic E-state index is 12.3. The third kappa shape index (κ3) is 4.85. The van der Waals surface area contributed by atoms with Crippen molar-refractivity contribution >= 4 is 16.9 Å². The van der Waals surface area contributed by atoms with Crippen LogP contribution in [0.2, 0.25) is 0 Å². The molecule has 0 saturated heterocycles. The molecule has 0 aliphatic rings. The summed E-state index contributed by atoms with van der Waals surface area (Å²) >= 11 is 0. The number of rotatable bonds is 8. The van der Waals surface area contributed by atoms with Crippen molar-refractivity contribution in [3.8, 4) is 0 Å². The summed E-state index contributed by atoms with van der Waals surface area (Å²) in [5.74, 6) is 1.13. The highest BCUT2D eigenvalue weighted by molar-refractivity contribution is 5.79. The van der Waals surface area contributed by atoms with Crippen LogP contribution in [0.5, 0.6) is 0 Å². The highest BCUT2D eigenvalue weighted by Gasteiger charge is 2.17. The molecule has 0 bridgehead atoms. The Morgan fingerprint density at radius 3 is 2.48 bits per heavy atom. The van der Waals surface area contributed by atoms with Crippen molar-refractivity contribution in [2.45, 2.75) is 39.2 Å². The van der Waals surface area contributed by atoms with Crippen LogP contribution in [-0.4, -0.2) is 22.0 Å². The van der Waals surface area contributed by atoms with Crippen molar-refractivity contribution in [2.75, 3.05) is 6.54 Å². The predicted molar refractivity (Wildman–Crippen MR) is 126 cm³/mol. The molecular weight excluding hydrogens is 382 g/mol. The van der Waals surface area contributed by atoms with E-state index in [0.29, 0.717) is 13.0 Å². The van der Waals surface area contributed by atoms with Crippen LogP contribution in [0.15, 0.2) is 78.9 Å². The van der Waals surface area contributed by atoms with Gasteiger partial charge in [-0.25, -0.2) is 4.98 Å². The molecule has 0 aliphatic heterocycles. The van der Waals surface area contributed by atoms with E-state index in [-0.39, 0.29) is 11.9 Å². The lowest BCUT2D eigenvalue weighted by Crippen LogP contribution is -2.27. The van der Waals surface area contributed by atoms with Crippen molar-refractivity contribution in [3.05, 3.63) is 101 Å². The molecule has 1 aromatic heterocycles. The molecule has 4 heteroatoms. The van der Waals surface area contributed by atoms with Gasteiger partial charge in [0, 0.05) is 13.0 Å². The minimum absolute atomic E-state index is 0.0699. The molecule has 1 amide bonds. The first kappa shape index (κ1) is 20.9. The number of hydrogen-bond acceptors (Lipinski definition) is 2. The standard InChI is InChI=1S/C27H29N3O/c1-20-11-6-7-14-23(20)19-27(31)28-18-10-17-26-29-24-15-8-9-16-25(24)30(26)21(2)22-12-4-3-5-13-22/h3-9,11-16,21H,10,17-19H2,1-2H3,(H,28,31). The summed E-state index contributed by atoms with van der Waals surface area (Å²) in [6.07, 6.45) is 2.09. The average molecular weight is 412 g/mol. The van der Waals surface area contributed by atoms with Gasteiger partial charge in [0.05, 0.1) is 23.5 Å². The molecule has 0 radical (unpaired) electrons. The molecule has 4 rings (SSSR count). The molecule has 31 heavy (non-hydrogen) atoms. The highest BCUT2D eigenvalue weighted by Crippen LogP contribution is 2.26. The lowest BCUT2D eigenvalue weighted by Gasteiger charge is -2.18. The van der Waals surface area contributed by atoms with E-state index in [4.69, 9.17) is 4.98 Å². The van der Waals surface area contributed by atoms with Crippen molar-refractivity contribution in [1.29, 1.82) is 0 Å². The second-order valence-corrected chi connectivity index (χ2v) is 8.03. The molecule has 1 unspecified atom stereocenters. The van der Waals surface area contributed by atoms with Gasteiger partial charge in [0.25, 0.3) is 0 Å². The van der Waals surface area contributed by atoms with Gasteiger partial charge in [-0.05, 0) is 49.1 Å². The Morgan fingerprint density at radius 1 is 0.968 bits per heavy atom. The van der Waals surface area contributed by atoms with Gasteiger partial charge >= 0.3 is 0 Å². The van der Waals surface area contributed by atoms with Crippen LogP contribution in [0.25, 0.3) is 11.0 Å². The van der Waals surface area contributed by atoms with Crippen LogP contribution >= 0.6 is 0 Å². The van der Waals surface area contributed by atoms with Crippen LogP contribution in [-0.2, 0) is 17.6 Å². The Morgan fingerprint density at radius 2 is 1.68 bits per heavy atom. The normalized spacial score (nSPS) is 12.1. The Labute approximate surface area is 183 Å². The summed E-state index contributed by atoms with van der Waals surface area (Å²) in [5, 5.41) is 3.07. The second-order valence-electron chi connectivity index (χ2n) is 8.03. The summed E-state index contributed by atoms with van der Waals surface area (Å²) in [6, 6.07) is 27.0. The van der Waals surface area contributed by atoms with Crippen molar-refractivity contribution in [1.82, 2.24) is 14.9 Å². The largest absolute Gasteiger partial charge is 0.356 e. The van der Waals surface area contributed by atoms with Gasteiger partial charge < -0.3 is 9.88 Å². The van der Waals surface area contributed by atoms with Crippen molar-refractivity contribution in [2.24, 2.45) is 0 Å². The zero-order valence-electron chi connectivity index (χ0n) is 18.2. The van der Waals surface area contributed by atoms with E-state index in [2.05, 4.69) is 59.3 Å². The maximum Gasteiger partial charge on any atom is 0.224 e. The minimum Gasteiger partial charge on any atom is -0.356 e. The van der Waals surface area contributed by atoms with Gasteiger partial charge in [-0.1, -0.05) is 66.7 Å². The molecule has 3 aromatic carbocycles. The maximum absolute atomic E-state index is 12.3. The molecule has 1 N–H and O–H groups in total. The number of para-hydroxylation sites is 2. The molecule has 0 aliphatic carbocycles. The Kier molecular flexibility index (Phi) is 6.46. The van der Waals surface area contributed by atoms with E-state index in [1.54, 1.807) is 0 Å². The lowest BCUT2D eigenvalue weighted by molar-refractivity contribution is -0.120. The zero-order valence-corrected chi connectivity index (χ0v) is 18.2. The number of fused-ring (bicyclic) bond motifs is 1. The molecule has 0 fully saturated rings. The third-order valence-corrected chi connectivity index (χ3v) is 5.85. The Balaban J connectivity index is 1.43. The first-order valence-electron chi connectivity index (χ1n) is 11.0. The van der Waals surface area contributed by atoms with Crippen LogP contribution in [0, 0.1) is 6.92 Å². The number of amides is 1. The van der Waals surface area contributed by atoms with Crippen LogP contribution in [0.1, 0.15) is 41.9 Å². The number of hydrogen-bond donors (Lipinski definition) is 1. The monoisotopic (exact) mass is 411 g/mol. The minimum atomic E-state index is 0.0699. The van der Waals surface area contributed by atoms with Gasteiger partial charge in [0.2, 0.25) is 5.91 Å². The molecule has 4 nitrogen and oxygen atoms in total. The number of imidazole rings is 1. The number of carbonyl (C=O) groups excluding carboxylic acids is 1. The molecular formula is C27H29N3O. The van der Waals surface area contributed by atoms with E-state index in [1.807, 2.05) is 43.3 Å². The molecule has 4 aromatic rings. The van der Waals surface area contributed by atoms with Gasteiger partial charge in [-0.3, -0.25) is 4.79 Å². The molecule has 1 atom stereocenters. The predicted octanol–water partition coefficient (Wildman–Crippen LogP) is 5.25. The molecule has 158 valence electrons. The van der Waals surface area contributed by atoms with Crippen LogP contribution in [0.3, 0.4) is 0 Å². The number of aromatic nitrogens is 2. The molecule has 0 spiro atoms. The fraction of sp³-hybridized carbons (Fsp3) is 0.259. The van der Waals surface area contributed by atoms with E-state index >= 15 is 0 Å². The van der Waals surface area contributed by atoms with E-state index < -0.39 is 0 Å². The molecule has 0 saturated carbocycles. The first-order valence-corrected chi connectivity index (χ1v) is 11.0. The summed E-state index contributed by atoms with van der Waals surface area (Å²) in [5.41, 5.74) is 5.67. The average Bonchev–Trinajstić information content (AvgIpc) is 3.16. The van der Waals surface area contributed by atoms with E-state index in [9.17, 15) is 4.79 Å². The smallest absolute Gasteiger partial charge is 0.224 e. The van der Waals surface area contributed by atoms with E-state index in [0.717, 1.165) is 40.8 Å².